The van der Waals surface area contributed by atoms with Gasteiger partial charge in [-0.15, -0.1) is 0 Å². The molecular weight excluding hydrogens is 216 g/mol. The van der Waals surface area contributed by atoms with Crippen LogP contribution in [-0.2, 0) is 11.2 Å². The number of carbonyl (C=O) groups is 1. The minimum absolute atomic E-state index is 0.127. The Bertz CT molecular complexity index is 421. The molecule has 92 valence electrons. The number of aliphatic hydroxyl groups excluding tert-OH is 1. The predicted molar refractivity (Wildman–Crippen MR) is 67.0 cm³/mol. The predicted octanol–water partition coefficient (Wildman–Crippen LogP) is 2.40. The van der Waals surface area contributed by atoms with Crippen molar-refractivity contribution in [3.05, 3.63) is 41.5 Å². The first kappa shape index (κ1) is 13.5. The van der Waals surface area contributed by atoms with E-state index in [-0.39, 0.29) is 6.61 Å². The van der Waals surface area contributed by atoms with Crippen molar-refractivity contribution >= 4 is 5.97 Å². The third-order valence-corrected chi connectivity index (χ3v) is 2.44. The molecule has 0 saturated carbocycles. The molecule has 0 aliphatic rings. The number of esters is 1. The van der Waals surface area contributed by atoms with E-state index in [1.54, 1.807) is 6.92 Å². The summed E-state index contributed by atoms with van der Waals surface area (Å²) in [5, 5.41) is 8.84. The molecule has 0 spiro atoms. The van der Waals surface area contributed by atoms with Gasteiger partial charge in [-0.05, 0) is 37.8 Å². The Labute approximate surface area is 102 Å². The fourth-order valence-corrected chi connectivity index (χ4v) is 1.51. The van der Waals surface area contributed by atoms with E-state index in [1.165, 1.54) is 0 Å². The number of carbonyl (C=O) groups excluding carboxylic acids is 1. The van der Waals surface area contributed by atoms with Gasteiger partial charge in [-0.3, -0.25) is 0 Å². The number of hydrogen-bond donors (Lipinski definition) is 1. The van der Waals surface area contributed by atoms with E-state index in [1.807, 2.05) is 25.1 Å². The van der Waals surface area contributed by atoms with Gasteiger partial charge in [0, 0.05) is 12.2 Å². The highest BCUT2D eigenvalue weighted by atomic mass is 16.5. The summed E-state index contributed by atoms with van der Waals surface area (Å²) in [5.41, 5.74) is 2.23. The second kappa shape index (κ2) is 6.21. The Morgan fingerprint density at radius 3 is 2.76 bits per heavy atom. The zero-order valence-electron chi connectivity index (χ0n) is 10.3. The third-order valence-electron chi connectivity index (χ3n) is 2.44. The second-order valence-corrected chi connectivity index (χ2v) is 4.06. The van der Waals surface area contributed by atoms with Crippen molar-refractivity contribution in [1.29, 1.82) is 0 Å². The molecule has 0 radical (unpaired) electrons. The molecule has 1 N–H and O–H groups in total. The van der Waals surface area contributed by atoms with E-state index in [0.717, 1.165) is 11.1 Å². The van der Waals surface area contributed by atoms with Gasteiger partial charge in [0.15, 0.2) is 0 Å². The molecular formula is C14H18O3. The highest BCUT2D eigenvalue weighted by molar-refractivity contribution is 5.89. The van der Waals surface area contributed by atoms with E-state index in [0.29, 0.717) is 24.2 Å². The Morgan fingerprint density at radius 2 is 2.18 bits per heavy atom. The molecule has 0 heterocycles. The number of aliphatic hydroxyl groups is 1. The van der Waals surface area contributed by atoms with Gasteiger partial charge < -0.3 is 9.84 Å². The lowest BCUT2D eigenvalue weighted by Crippen LogP contribution is -2.11. The minimum Gasteiger partial charge on any atom is -0.423 e. The van der Waals surface area contributed by atoms with Crippen LogP contribution in [0.1, 0.15) is 24.5 Å². The molecule has 1 rings (SSSR count). The molecule has 0 fully saturated rings. The van der Waals surface area contributed by atoms with Crippen LogP contribution in [0.4, 0.5) is 0 Å². The molecule has 0 amide bonds. The van der Waals surface area contributed by atoms with Crippen molar-refractivity contribution in [2.24, 2.45) is 0 Å². The quantitative estimate of drug-likeness (QED) is 0.483. The summed E-state index contributed by atoms with van der Waals surface area (Å²) in [6.45, 7) is 7.20. The Balaban J connectivity index is 2.94. The van der Waals surface area contributed by atoms with Crippen LogP contribution in [0.15, 0.2) is 30.4 Å². The first-order chi connectivity index (χ1) is 8.06. The van der Waals surface area contributed by atoms with Crippen LogP contribution < -0.4 is 4.74 Å². The van der Waals surface area contributed by atoms with Gasteiger partial charge in [-0.1, -0.05) is 24.8 Å². The summed E-state index contributed by atoms with van der Waals surface area (Å²) in [4.78, 5) is 11.5. The van der Waals surface area contributed by atoms with E-state index in [2.05, 4.69) is 6.58 Å². The highest BCUT2D eigenvalue weighted by Gasteiger charge is 2.12. The van der Waals surface area contributed by atoms with E-state index >= 15 is 0 Å². The fourth-order valence-electron chi connectivity index (χ4n) is 1.51. The molecule has 0 atom stereocenters. The molecule has 0 bridgehead atoms. The summed E-state index contributed by atoms with van der Waals surface area (Å²) in [6.07, 6.45) is 1.35. The van der Waals surface area contributed by atoms with Gasteiger partial charge in [0.25, 0.3) is 0 Å². The number of ether oxygens (including phenoxy) is 1. The topological polar surface area (TPSA) is 46.5 Å². The molecule has 0 aliphatic carbocycles. The first-order valence-corrected chi connectivity index (χ1v) is 5.63. The Morgan fingerprint density at radius 1 is 1.47 bits per heavy atom. The van der Waals surface area contributed by atoms with E-state index < -0.39 is 5.97 Å². The lowest BCUT2D eigenvalue weighted by Gasteiger charge is -2.12. The molecule has 0 unspecified atom stereocenters. The van der Waals surface area contributed by atoms with Crippen molar-refractivity contribution in [1.82, 2.24) is 0 Å². The minimum atomic E-state index is -0.412. The third kappa shape index (κ3) is 3.71. The average molecular weight is 234 g/mol. The molecule has 0 aliphatic heterocycles. The number of hydrogen-bond acceptors (Lipinski definition) is 3. The van der Waals surface area contributed by atoms with Gasteiger partial charge in [0.1, 0.15) is 5.75 Å². The maximum atomic E-state index is 11.5. The normalized spacial score (nSPS) is 10.1. The standard InChI is InChI=1S/C14H18O3/c1-10(2)14(16)17-13-11(3)6-4-7-12(13)8-5-9-15/h4,6-7,15H,1,5,8-9H2,2-3H3. The SMILES string of the molecule is C=C(C)C(=O)Oc1c(C)cccc1CCCO. The molecule has 3 nitrogen and oxygen atoms in total. The number of para-hydroxylation sites is 1. The summed E-state index contributed by atoms with van der Waals surface area (Å²) in [7, 11) is 0. The summed E-state index contributed by atoms with van der Waals surface area (Å²) >= 11 is 0. The molecule has 1 aromatic carbocycles. The van der Waals surface area contributed by atoms with Crippen LogP contribution >= 0.6 is 0 Å². The van der Waals surface area contributed by atoms with Crippen molar-refractivity contribution in [3.63, 3.8) is 0 Å². The van der Waals surface area contributed by atoms with Gasteiger partial charge >= 0.3 is 5.97 Å². The van der Waals surface area contributed by atoms with Crippen molar-refractivity contribution in [2.45, 2.75) is 26.7 Å². The van der Waals surface area contributed by atoms with Crippen LogP contribution in [0.2, 0.25) is 0 Å². The Kier molecular flexibility index (Phi) is 4.91. The zero-order valence-corrected chi connectivity index (χ0v) is 10.3. The van der Waals surface area contributed by atoms with Gasteiger partial charge in [0.2, 0.25) is 0 Å². The lowest BCUT2D eigenvalue weighted by atomic mass is 10.1. The second-order valence-electron chi connectivity index (χ2n) is 4.06. The molecule has 0 aromatic heterocycles. The Hall–Kier alpha value is -1.61. The molecule has 1 aromatic rings. The van der Waals surface area contributed by atoms with Gasteiger partial charge in [0.05, 0.1) is 0 Å². The molecule has 0 saturated heterocycles. The first-order valence-electron chi connectivity index (χ1n) is 5.63. The van der Waals surface area contributed by atoms with Gasteiger partial charge in [-0.25, -0.2) is 4.79 Å². The fraction of sp³-hybridized carbons (Fsp3) is 0.357. The summed E-state index contributed by atoms with van der Waals surface area (Å²) in [6, 6.07) is 5.72. The number of benzene rings is 1. The maximum absolute atomic E-state index is 11.5. The maximum Gasteiger partial charge on any atom is 0.338 e. The highest BCUT2D eigenvalue weighted by Crippen LogP contribution is 2.25. The molecule has 3 heteroatoms. The van der Waals surface area contributed by atoms with Crippen LogP contribution in [-0.4, -0.2) is 17.7 Å². The zero-order chi connectivity index (χ0) is 12.8. The number of aryl methyl sites for hydroxylation is 2. The van der Waals surface area contributed by atoms with E-state index in [9.17, 15) is 4.79 Å². The van der Waals surface area contributed by atoms with Crippen molar-refractivity contribution < 1.29 is 14.6 Å². The lowest BCUT2D eigenvalue weighted by molar-refractivity contribution is -0.130. The number of rotatable bonds is 5. The average Bonchev–Trinajstić information content (AvgIpc) is 2.29. The van der Waals surface area contributed by atoms with Crippen molar-refractivity contribution in [3.8, 4) is 5.75 Å². The van der Waals surface area contributed by atoms with Crippen LogP contribution in [0.3, 0.4) is 0 Å². The largest absolute Gasteiger partial charge is 0.423 e. The monoisotopic (exact) mass is 234 g/mol. The van der Waals surface area contributed by atoms with Crippen LogP contribution in [0.5, 0.6) is 5.75 Å². The molecule has 17 heavy (non-hydrogen) atoms. The van der Waals surface area contributed by atoms with Crippen LogP contribution in [0.25, 0.3) is 0 Å². The van der Waals surface area contributed by atoms with Crippen molar-refractivity contribution in [2.75, 3.05) is 6.61 Å². The summed E-state index contributed by atoms with van der Waals surface area (Å²) in [5.74, 6) is 0.179. The van der Waals surface area contributed by atoms with Crippen LogP contribution in [0, 0.1) is 6.92 Å². The van der Waals surface area contributed by atoms with Gasteiger partial charge in [-0.2, -0.15) is 0 Å². The van der Waals surface area contributed by atoms with E-state index in [4.69, 9.17) is 9.84 Å². The smallest absolute Gasteiger partial charge is 0.338 e. The summed E-state index contributed by atoms with van der Waals surface area (Å²) < 4.78 is 5.31.